The molecule has 2 rings (SSSR count). The number of aromatic nitrogens is 1. The van der Waals surface area contributed by atoms with Gasteiger partial charge in [0.1, 0.15) is 5.76 Å². The van der Waals surface area contributed by atoms with E-state index in [1.54, 1.807) is 12.1 Å². The number of nitrogens with one attached hydrogen (secondary N) is 2. The Morgan fingerprint density at radius 1 is 1.32 bits per heavy atom. The maximum absolute atomic E-state index is 12.6. The Kier molecular flexibility index (Phi) is 5.42. The van der Waals surface area contributed by atoms with Crippen molar-refractivity contribution in [2.75, 3.05) is 11.9 Å². The van der Waals surface area contributed by atoms with Crippen molar-refractivity contribution < 1.29 is 18.4 Å². The van der Waals surface area contributed by atoms with E-state index in [2.05, 4.69) is 15.6 Å². The maximum Gasteiger partial charge on any atom is 0.244 e. The zero-order valence-electron chi connectivity index (χ0n) is 11.6. The van der Waals surface area contributed by atoms with Gasteiger partial charge >= 0.3 is 0 Å². The van der Waals surface area contributed by atoms with E-state index in [1.165, 1.54) is 30.7 Å². The summed E-state index contributed by atoms with van der Waals surface area (Å²) < 4.78 is 17.6. The van der Waals surface area contributed by atoms with Crippen LogP contribution >= 0.6 is 0 Å². The third-order valence-electron chi connectivity index (χ3n) is 2.60. The largest absolute Gasteiger partial charge is 0.465 e. The van der Waals surface area contributed by atoms with Crippen LogP contribution in [0.2, 0.25) is 0 Å². The molecule has 114 valence electrons. The molecule has 0 atom stereocenters. The molecule has 0 fully saturated rings. The van der Waals surface area contributed by atoms with E-state index in [1.807, 2.05) is 0 Å². The molecule has 0 bridgehead atoms. The Morgan fingerprint density at radius 3 is 2.86 bits per heavy atom. The predicted octanol–water partition coefficient (Wildman–Crippen LogP) is 1.97. The van der Waals surface area contributed by atoms with Crippen molar-refractivity contribution in [2.24, 2.45) is 0 Å². The number of amides is 2. The van der Waals surface area contributed by atoms with Gasteiger partial charge < -0.3 is 15.1 Å². The summed E-state index contributed by atoms with van der Waals surface area (Å²) in [5, 5.41) is 5.11. The van der Waals surface area contributed by atoms with Crippen LogP contribution in [0.25, 0.3) is 6.08 Å². The number of halogens is 1. The molecule has 2 amide bonds. The minimum atomic E-state index is -0.617. The third-order valence-corrected chi connectivity index (χ3v) is 2.60. The van der Waals surface area contributed by atoms with Crippen LogP contribution in [0.3, 0.4) is 0 Å². The molecule has 22 heavy (non-hydrogen) atoms. The molecule has 0 saturated carbocycles. The van der Waals surface area contributed by atoms with Gasteiger partial charge in [-0.1, -0.05) is 0 Å². The van der Waals surface area contributed by atoms with Gasteiger partial charge in [-0.05, 0) is 30.3 Å². The van der Waals surface area contributed by atoms with Gasteiger partial charge in [-0.2, -0.15) is 4.39 Å². The zero-order chi connectivity index (χ0) is 15.8. The minimum absolute atomic E-state index is 0.0949. The normalized spacial score (nSPS) is 10.6. The van der Waals surface area contributed by atoms with Crippen LogP contribution in [0, 0.1) is 5.95 Å². The van der Waals surface area contributed by atoms with Gasteiger partial charge in [0.2, 0.25) is 17.8 Å². The molecule has 7 heteroatoms. The second-order valence-corrected chi connectivity index (χ2v) is 4.31. The molecule has 2 aromatic rings. The number of carbonyl (C=O) groups excluding carboxylic acids is 2. The highest BCUT2D eigenvalue weighted by Crippen LogP contribution is 2.05. The van der Waals surface area contributed by atoms with Crippen LogP contribution in [0.4, 0.5) is 10.1 Å². The van der Waals surface area contributed by atoms with E-state index < -0.39 is 5.95 Å². The van der Waals surface area contributed by atoms with Gasteiger partial charge in [-0.3, -0.25) is 9.59 Å². The molecule has 6 nitrogen and oxygen atoms in total. The molecule has 0 radical (unpaired) electrons. The molecule has 0 spiro atoms. The molecule has 0 aromatic carbocycles. The monoisotopic (exact) mass is 303 g/mol. The molecule has 2 N–H and O–H groups in total. The summed E-state index contributed by atoms with van der Waals surface area (Å²) in [4.78, 5) is 26.5. The number of pyridine rings is 1. The summed E-state index contributed by atoms with van der Waals surface area (Å²) in [6.45, 7) is 0.182. The molecule has 0 aliphatic heterocycles. The van der Waals surface area contributed by atoms with Crippen LogP contribution < -0.4 is 10.6 Å². The first kappa shape index (κ1) is 15.4. The van der Waals surface area contributed by atoms with Crippen molar-refractivity contribution in [3.8, 4) is 0 Å². The van der Waals surface area contributed by atoms with Gasteiger partial charge in [0.25, 0.3) is 0 Å². The van der Waals surface area contributed by atoms with E-state index in [-0.39, 0.29) is 24.8 Å². The van der Waals surface area contributed by atoms with Gasteiger partial charge in [0.15, 0.2) is 0 Å². The van der Waals surface area contributed by atoms with Gasteiger partial charge in [-0.15, -0.1) is 0 Å². The maximum atomic E-state index is 12.6. The molecule has 0 saturated heterocycles. The average molecular weight is 303 g/mol. The number of anilines is 1. The molecule has 2 heterocycles. The van der Waals surface area contributed by atoms with Gasteiger partial charge in [0.05, 0.1) is 18.1 Å². The SMILES string of the molecule is O=C(C=Cc1ccco1)NCCC(=O)Nc1ccc(F)nc1. The van der Waals surface area contributed by atoms with Crippen molar-refractivity contribution in [1.29, 1.82) is 0 Å². The van der Waals surface area contributed by atoms with Gasteiger partial charge in [-0.25, -0.2) is 4.98 Å². The van der Waals surface area contributed by atoms with Crippen LogP contribution in [0.5, 0.6) is 0 Å². The number of nitrogens with zero attached hydrogens (tertiary/aromatic N) is 1. The molecular weight excluding hydrogens is 289 g/mol. The number of rotatable bonds is 6. The number of hydrogen-bond acceptors (Lipinski definition) is 4. The smallest absolute Gasteiger partial charge is 0.244 e. The van der Waals surface area contributed by atoms with E-state index in [4.69, 9.17) is 4.42 Å². The second kappa shape index (κ2) is 7.72. The molecule has 0 aliphatic carbocycles. The fourth-order valence-electron chi connectivity index (χ4n) is 1.58. The molecule has 0 unspecified atom stereocenters. The van der Waals surface area contributed by atoms with Crippen molar-refractivity contribution >= 4 is 23.6 Å². The Balaban J connectivity index is 1.68. The van der Waals surface area contributed by atoms with Crippen LogP contribution in [-0.4, -0.2) is 23.3 Å². The lowest BCUT2D eigenvalue weighted by molar-refractivity contribution is -0.117. The van der Waals surface area contributed by atoms with Crippen molar-refractivity contribution in [2.45, 2.75) is 6.42 Å². The van der Waals surface area contributed by atoms with Crippen molar-refractivity contribution in [1.82, 2.24) is 10.3 Å². The molecular formula is C15H14FN3O3. The molecule has 2 aromatic heterocycles. The van der Waals surface area contributed by atoms with Crippen LogP contribution in [0.15, 0.2) is 47.2 Å². The number of hydrogen-bond donors (Lipinski definition) is 2. The van der Waals surface area contributed by atoms with Crippen LogP contribution in [0.1, 0.15) is 12.2 Å². The quantitative estimate of drug-likeness (QED) is 0.631. The lowest BCUT2D eigenvalue weighted by Crippen LogP contribution is -2.26. The van der Waals surface area contributed by atoms with Crippen molar-refractivity contribution in [3.05, 3.63) is 54.5 Å². The first-order valence-corrected chi connectivity index (χ1v) is 6.54. The standard InChI is InChI=1S/C15H14FN3O3/c16-13-5-3-11(10-18-13)19-15(21)7-8-17-14(20)6-4-12-2-1-9-22-12/h1-6,9-10H,7-8H2,(H,17,20)(H,19,21). The summed E-state index contributed by atoms with van der Waals surface area (Å²) in [7, 11) is 0. The fourth-order valence-corrected chi connectivity index (χ4v) is 1.58. The Labute approximate surface area is 126 Å². The van der Waals surface area contributed by atoms with E-state index in [9.17, 15) is 14.0 Å². The topological polar surface area (TPSA) is 84.2 Å². The fraction of sp³-hybridized carbons (Fsp3) is 0.133. The lowest BCUT2D eigenvalue weighted by Gasteiger charge is -2.05. The number of furan rings is 1. The van der Waals surface area contributed by atoms with Crippen molar-refractivity contribution in [3.63, 3.8) is 0 Å². The third kappa shape index (κ3) is 5.20. The van der Waals surface area contributed by atoms with E-state index in [0.29, 0.717) is 11.4 Å². The highest BCUT2D eigenvalue weighted by atomic mass is 19.1. The minimum Gasteiger partial charge on any atom is -0.465 e. The Bertz CT molecular complexity index is 651. The van der Waals surface area contributed by atoms with E-state index in [0.717, 1.165) is 6.07 Å². The lowest BCUT2D eigenvalue weighted by atomic mass is 10.3. The molecule has 0 aliphatic rings. The zero-order valence-corrected chi connectivity index (χ0v) is 11.6. The van der Waals surface area contributed by atoms with Gasteiger partial charge in [0, 0.05) is 19.0 Å². The second-order valence-electron chi connectivity index (χ2n) is 4.31. The summed E-state index contributed by atoms with van der Waals surface area (Å²) in [6, 6.07) is 5.99. The highest BCUT2D eigenvalue weighted by molar-refractivity contribution is 5.93. The summed E-state index contributed by atoms with van der Waals surface area (Å²) >= 11 is 0. The summed E-state index contributed by atoms with van der Waals surface area (Å²) in [6.07, 6.45) is 5.67. The predicted molar refractivity (Wildman–Crippen MR) is 78.2 cm³/mol. The average Bonchev–Trinajstić information content (AvgIpc) is 3.01. The summed E-state index contributed by atoms with van der Waals surface area (Å²) in [5.41, 5.74) is 0.399. The Hall–Kier alpha value is -2.96. The first-order chi connectivity index (χ1) is 10.6. The van der Waals surface area contributed by atoms with Crippen LogP contribution in [-0.2, 0) is 9.59 Å². The van der Waals surface area contributed by atoms with E-state index >= 15 is 0 Å². The first-order valence-electron chi connectivity index (χ1n) is 6.54. The summed E-state index contributed by atoms with van der Waals surface area (Å²) in [5.74, 6) is -0.679. The number of carbonyl (C=O) groups is 2. The highest BCUT2D eigenvalue weighted by Gasteiger charge is 2.04. The Morgan fingerprint density at radius 2 is 2.18 bits per heavy atom.